The molecule has 0 aliphatic carbocycles. The highest BCUT2D eigenvalue weighted by Gasteiger charge is 2.15. The van der Waals surface area contributed by atoms with Crippen LogP contribution in [0, 0.1) is 13.8 Å². The summed E-state index contributed by atoms with van der Waals surface area (Å²) in [6.45, 7) is 4.27. The topological polar surface area (TPSA) is 90.0 Å². The summed E-state index contributed by atoms with van der Waals surface area (Å²) in [4.78, 5) is 22.8. The molecule has 0 fully saturated rings. The normalized spacial score (nSPS) is 10.5. The lowest BCUT2D eigenvalue weighted by Crippen LogP contribution is -2.26. The molecule has 116 valence electrons. The van der Waals surface area contributed by atoms with Crippen molar-refractivity contribution in [3.63, 3.8) is 0 Å². The van der Waals surface area contributed by atoms with Crippen molar-refractivity contribution in [3.8, 4) is 5.69 Å². The Morgan fingerprint density at radius 3 is 2.68 bits per heavy atom. The van der Waals surface area contributed by atoms with Crippen LogP contribution in [0.2, 0.25) is 0 Å². The number of aromatic nitrogens is 2. The number of nitrogens with one attached hydrogen (secondary N) is 1. The van der Waals surface area contributed by atoms with E-state index in [4.69, 9.17) is 5.73 Å². The van der Waals surface area contributed by atoms with E-state index in [9.17, 15) is 9.59 Å². The first-order chi connectivity index (χ1) is 10.5. The highest BCUT2D eigenvalue weighted by molar-refractivity contribution is 5.95. The van der Waals surface area contributed by atoms with Crippen LogP contribution >= 0.6 is 0 Å². The number of carbonyl (C=O) groups excluding carboxylic acids is 2. The van der Waals surface area contributed by atoms with Crippen molar-refractivity contribution < 1.29 is 9.59 Å². The number of hydrogen-bond acceptors (Lipinski definition) is 3. The molecule has 1 heterocycles. The van der Waals surface area contributed by atoms with E-state index in [1.807, 2.05) is 38.1 Å². The molecule has 0 saturated carbocycles. The third-order valence-corrected chi connectivity index (χ3v) is 3.48. The average Bonchev–Trinajstić information content (AvgIpc) is 2.85. The Morgan fingerprint density at radius 2 is 2.00 bits per heavy atom. The molecule has 0 aliphatic rings. The molecular weight excluding hydrogens is 280 g/mol. The smallest absolute Gasteiger partial charge is 0.254 e. The Kier molecular flexibility index (Phi) is 4.93. The molecule has 0 radical (unpaired) electrons. The highest BCUT2D eigenvalue weighted by Crippen LogP contribution is 2.17. The van der Waals surface area contributed by atoms with Crippen LogP contribution in [0.1, 0.15) is 34.5 Å². The molecule has 6 nitrogen and oxygen atoms in total. The number of amides is 2. The van der Waals surface area contributed by atoms with Gasteiger partial charge in [-0.1, -0.05) is 18.2 Å². The fraction of sp³-hybridized carbons (Fsp3) is 0.312. The van der Waals surface area contributed by atoms with Gasteiger partial charge in [0, 0.05) is 13.0 Å². The Bertz CT molecular complexity index is 691. The number of rotatable bonds is 6. The molecule has 0 spiro atoms. The van der Waals surface area contributed by atoms with Crippen molar-refractivity contribution >= 4 is 11.8 Å². The maximum absolute atomic E-state index is 12.2. The summed E-state index contributed by atoms with van der Waals surface area (Å²) in [7, 11) is 0. The Morgan fingerprint density at radius 1 is 1.27 bits per heavy atom. The van der Waals surface area contributed by atoms with E-state index in [0.717, 1.165) is 16.9 Å². The van der Waals surface area contributed by atoms with E-state index in [0.29, 0.717) is 18.5 Å². The van der Waals surface area contributed by atoms with E-state index >= 15 is 0 Å². The van der Waals surface area contributed by atoms with Crippen molar-refractivity contribution in [1.29, 1.82) is 0 Å². The predicted molar refractivity (Wildman–Crippen MR) is 83.8 cm³/mol. The Labute approximate surface area is 129 Å². The van der Waals surface area contributed by atoms with Crippen LogP contribution < -0.4 is 11.1 Å². The summed E-state index contributed by atoms with van der Waals surface area (Å²) in [6, 6.07) is 7.86. The van der Waals surface area contributed by atoms with Crippen molar-refractivity contribution in [2.75, 3.05) is 6.54 Å². The molecule has 6 heteroatoms. The van der Waals surface area contributed by atoms with Crippen LogP contribution in [0.15, 0.2) is 30.5 Å². The molecule has 2 aromatic rings. The standard InChI is InChI=1S/C16H20N4O2/c1-11-6-3-4-7-14(11)20-12(2)13(10-19-20)16(22)18-9-5-8-15(17)21/h3-4,6-7,10H,5,8-9H2,1-2H3,(H2,17,21)(H,18,22). The van der Waals surface area contributed by atoms with Gasteiger partial charge in [0.2, 0.25) is 5.91 Å². The van der Waals surface area contributed by atoms with E-state index in [1.54, 1.807) is 10.9 Å². The SMILES string of the molecule is Cc1ccccc1-n1ncc(C(=O)NCCCC(N)=O)c1C. The summed E-state index contributed by atoms with van der Waals surface area (Å²) in [5.41, 5.74) is 8.41. The Balaban J connectivity index is 2.09. The lowest BCUT2D eigenvalue weighted by atomic mass is 10.2. The van der Waals surface area contributed by atoms with Gasteiger partial charge in [-0.25, -0.2) is 4.68 Å². The molecule has 0 bridgehead atoms. The minimum Gasteiger partial charge on any atom is -0.370 e. The summed E-state index contributed by atoms with van der Waals surface area (Å²) >= 11 is 0. The second kappa shape index (κ2) is 6.89. The summed E-state index contributed by atoms with van der Waals surface area (Å²) in [6.07, 6.45) is 2.36. The molecule has 2 rings (SSSR count). The molecule has 22 heavy (non-hydrogen) atoms. The summed E-state index contributed by atoms with van der Waals surface area (Å²) < 4.78 is 1.76. The fourth-order valence-electron chi connectivity index (χ4n) is 2.24. The quantitative estimate of drug-likeness (QED) is 0.792. The monoisotopic (exact) mass is 300 g/mol. The van der Waals surface area contributed by atoms with Crippen LogP contribution in [0.25, 0.3) is 5.69 Å². The van der Waals surface area contributed by atoms with Gasteiger partial charge < -0.3 is 11.1 Å². The maximum Gasteiger partial charge on any atom is 0.254 e. The van der Waals surface area contributed by atoms with Crippen molar-refractivity contribution in [1.82, 2.24) is 15.1 Å². The highest BCUT2D eigenvalue weighted by atomic mass is 16.2. The van der Waals surface area contributed by atoms with Crippen LogP contribution in [-0.2, 0) is 4.79 Å². The minimum atomic E-state index is -0.363. The molecular formula is C16H20N4O2. The lowest BCUT2D eigenvalue weighted by Gasteiger charge is -2.08. The third-order valence-electron chi connectivity index (χ3n) is 3.48. The zero-order valence-electron chi connectivity index (χ0n) is 12.8. The Hall–Kier alpha value is -2.63. The van der Waals surface area contributed by atoms with E-state index in [2.05, 4.69) is 10.4 Å². The van der Waals surface area contributed by atoms with Gasteiger partial charge in [-0.05, 0) is 31.9 Å². The van der Waals surface area contributed by atoms with Gasteiger partial charge in [-0.3, -0.25) is 9.59 Å². The number of primary amides is 1. The van der Waals surface area contributed by atoms with Gasteiger partial charge >= 0.3 is 0 Å². The first-order valence-corrected chi connectivity index (χ1v) is 7.18. The van der Waals surface area contributed by atoms with Gasteiger partial charge in [0.25, 0.3) is 5.91 Å². The second-order valence-electron chi connectivity index (χ2n) is 5.17. The molecule has 0 atom stereocenters. The van der Waals surface area contributed by atoms with E-state index < -0.39 is 0 Å². The van der Waals surface area contributed by atoms with Gasteiger partial charge in [-0.2, -0.15) is 5.10 Å². The summed E-state index contributed by atoms with van der Waals surface area (Å²) in [5.74, 6) is -0.556. The van der Waals surface area contributed by atoms with Crippen LogP contribution in [0.5, 0.6) is 0 Å². The molecule has 0 saturated heterocycles. The number of nitrogens with zero attached hydrogens (tertiary/aromatic N) is 2. The number of para-hydroxylation sites is 1. The van der Waals surface area contributed by atoms with Gasteiger partial charge in [0.1, 0.15) is 0 Å². The first kappa shape index (κ1) is 15.8. The fourth-order valence-corrected chi connectivity index (χ4v) is 2.24. The number of hydrogen-bond donors (Lipinski definition) is 2. The van der Waals surface area contributed by atoms with Crippen LogP contribution in [-0.4, -0.2) is 28.1 Å². The van der Waals surface area contributed by atoms with Crippen molar-refractivity contribution in [2.45, 2.75) is 26.7 Å². The molecule has 0 aliphatic heterocycles. The molecule has 3 N–H and O–H groups in total. The molecule has 2 amide bonds. The summed E-state index contributed by atoms with van der Waals surface area (Å²) in [5, 5.41) is 7.08. The van der Waals surface area contributed by atoms with Gasteiger partial charge in [0.15, 0.2) is 0 Å². The van der Waals surface area contributed by atoms with E-state index in [1.165, 1.54) is 0 Å². The minimum absolute atomic E-state index is 0.193. The van der Waals surface area contributed by atoms with Gasteiger partial charge in [-0.15, -0.1) is 0 Å². The first-order valence-electron chi connectivity index (χ1n) is 7.18. The lowest BCUT2D eigenvalue weighted by molar-refractivity contribution is -0.118. The number of nitrogens with two attached hydrogens (primary N) is 1. The number of carbonyl (C=O) groups is 2. The maximum atomic E-state index is 12.2. The van der Waals surface area contributed by atoms with Gasteiger partial charge in [0.05, 0.1) is 23.1 Å². The van der Waals surface area contributed by atoms with Crippen molar-refractivity contribution in [2.24, 2.45) is 5.73 Å². The number of benzene rings is 1. The molecule has 1 aromatic heterocycles. The average molecular weight is 300 g/mol. The second-order valence-corrected chi connectivity index (χ2v) is 5.17. The molecule has 1 aromatic carbocycles. The van der Waals surface area contributed by atoms with Crippen molar-refractivity contribution in [3.05, 3.63) is 47.3 Å². The number of aryl methyl sites for hydroxylation is 1. The van der Waals surface area contributed by atoms with Crippen LogP contribution in [0.3, 0.4) is 0 Å². The zero-order valence-corrected chi connectivity index (χ0v) is 12.8. The third kappa shape index (κ3) is 3.52. The van der Waals surface area contributed by atoms with Crippen LogP contribution in [0.4, 0.5) is 0 Å². The largest absolute Gasteiger partial charge is 0.370 e. The van der Waals surface area contributed by atoms with E-state index in [-0.39, 0.29) is 18.2 Å². The predicted octanol–water partition coefficient (Wildman–Crippen LogP) is 1.48. The molecule has 0 unspecified atom stereocenters. The zero-order chi connectivity index (χ0) is 16.1.